The first kappa shape index (κ1) is 15.8. The van der Waals surface area contributed by atoms with E-state index in [2.05, 4.69) is 16.3 Å². The largest absolute Gasteiger partial charge is 0.465 e. The number of allylic oxidation sites excluding steroid dienone is 1. The zero-order valence-corrected chi connectivity index (χ0v) is 12.6. The monoisotopic (exact) mass is 320 g/mol. The lowest BCUT2D eigenvalue weighted by atomic mass is 10.3. The Labute approximate surface area is 129 Å². The summed E-state index contributed by atoms with van der Waals surface area (Å²) >= 11 is 1.02. The molecule has 1 aromatic heterocycles. The molecule has 2 rings (SSSR count). The van der Waals surface area contributed by atoms with Crippen molar-refractivity contribution in [3.8, 4) is 0 Å². The Kier molecular flexibility index (Phi) is 5.00. The molecule has 0 saturated heterocycles. The van der Waals surface area contributed by atoms with Gasteiger partial charge in [-0.25, -0.2) is 14.2 Å². The SMILES string of the molecule is C=CCn1c(=O)cc(C(=O)OC)sc1=Nc1ccc(F)cc1. The van der Waals surface area contributed by atoms with Gasteiger partial charge in [-0.15, -0.1) is 6.58 Å². The molecule has 0 aliphatic heterocycles. The van der Waals surface area contributed by atoms with E-state index in [0.29, 0.717) is 10.5 Å². The third-order valence-corrected chi connectivity index (χ3v) is 3.70. The first-order chi connectivity index (χ1) is 10.5. The summed E-state index contributed by atoms with van der Waals surface area (Å²) in [5.74, 6) is -0.988. The lowest BCUT2D eigenvalue weighted by Gasteiger charge is -2.04. The number of carbonyl (C=O) groups excluding carboxylic acids is 1. The summed E-state index contributed by atoms with van der Waals surface area (Å²) in [6, 6.07) is 6.70. The minimum Gasteiger partial charge on any atom is -0.465 e. The lowest BCUT2D eigenvalue weighted by Crippen LogP contribution is -2.32. The van der Waals surface area contributed by atoms with Crippen molar-refractivity contribution in [1.29, 1.82) is 0 Å². The predicted octanol–water partition coefficient (Wildman–Crippen LogP) is 2.25. The fourth-order valence-corrected chi connectivity index (χ4v) is 2.62. The molecule has 1 aromatic carbocycles. The molecule has 0 saturated carbocycles. The molecule has 7 heteroatoms. The molecule has 114 valence electrons. The number of ether oxygens (including phenoxy) is 1. The van der Waals surface area contributed by atoms with Crippen molar-refractivity contribution >= 4 is 23.0 Å². The summed E-state index contributed by atoms with van der Waals surface area (Å²) in [4.78, 5) is 28.5. The van der Waals surface area contributed by atoms with Crippen molar-refractivity contribution in [2.45, 2.75) is 6.54 Å². The van der Waals surface area contributed by atoms with Crippen molar-refractivity contribution in [1.82, 2.24) is 4.57 Å². The van der Waals surface area contributed by atoms with Crippen LogP contribution >= 0.6 is 11.3 Å². The maximum atomic E-state index is 12.9. The average Bonchev–Trinajstić information content (AvgIpc) is 2.51. The van der Waals surface area contributed by atoms with Crippen LogP contribution < -0.4 is 10.4 Å². The maximum Gasteiger partial charge on any atom is 0.348 e. The van der Waals surface area contributed by atoms with E-state index in [1.54, 1.807) is 6.08 Å². The van der Waals surface area contributed by atoms with Crippen LogP contribution in [0.15, 0.2) is 52.8 Å². The van der Waals surface area contributed by atoms with E-state index in [0.717, 1.165) is 11.3 Å². The van der Waals surface area contributed by atoms with Crippen molar-refractivity contribution < 1.29 is 13.9 Å². The van der Waals surface area contributed by atoms with Crippen LogP contribution in [0.3, 0.4) is 0 Å². The van der Waals surface area contributed by atoms with Gasteiger partial charge in [0, 0.05) is 12.6 Å². The van der Waals surface area contributed by atoms with Crippen LogP contribution in [0.25, 0.3) is 0 Å². The zero-order valence-electron chi connectivity index (χ0n) is 11.8. The molecule has 1 heterocycles. The Morgan fingerprint density at radius 1 is 1.45 bits per heavy atom. The fourth-order valence-electron chi connectivity index (χ4n) is 1.67. The van der Waals surface area contributed by atoms with Gasteiger partial charge in [0.15, 0.2) is 4.80 Å². The predicted molar refractivity (Wildman–Crippen MR) is 81.7 cm³/mol. The summed E-state index contributed by atoms with van der Waals surface area (Å²) in [6.45, 7) is 3.84. The second-order valence-electron chi connectivity index (χ2n) is 4.21. The Bertz CT molecular complexity index is 822. The highest BCUT2D eigenvalue weighted by atomic mass is 32.1. The fraction of sp³-hybridized carbons (Fsp3) is 0.133. The minimum atomic E-state index is -0.608. The van der Waals surface area contributed by atoms with Crippen molar-refractivity contribution in [2.24, 2.45) is 4.99 Å². The smallest absolute Gasteiger partial charge is 0.348 e. The second-order valence-corrected chi connectivity index (χ2v) is 5.22. The van der Waals surface area contributed by atoms with E-state index in [-0.39, 0.29) is 22.8 Å². The first-order valence-electron chi connectivity index (χ1n) is 6.29. The van der Waals surface area contributed by atoms with Gasteiger partial charge < -0.3 is 4.74 Å². The van der Waals surface area contributed by atoms with Crippen LogP contribution in [0.1, 0.15) is 9.67 Å². The van der Waals surface area contributed by atoms with Gasteiger partial charge in [0.2, 0.25) is 0 Å². The van der Waals surface area contributed by atoms with Gasteiger partial charge >= 0.3 is 5.97 Å². The van der Waals surface area contributed by atoms with Gasteiger partial charge in [-0.05, 0) is 24.3 Å². The number of aromatic nitrogens is 1. The molecule has 0 radical (unpaired) electrons. The molecule has 0 bridgehead atoms. The Morgan fingerprint density at radius 2 is 2.14 bits per heavy atom. The number of nitrogens with zero attached hydrogens (tertiary/aromatic N) is 2. The molecule has 2 aromatic rings. The molecule has 0 fully saturated rings. The first-order valence-corrected chi connectivity index (χ1v) is 7.11. The lowest BCUT2D eigenvalue weighted by molar-refractivity contribution is 0.0606. The van der Waals surface area contributed by atoms with E-state index < -0.39 is 5.97 Å². The van der Waals surface area contributed by atoms with Crippen LogP contribution in [0, 0.1) is 5.82 Å². The van der Waals surface area contributed by atoms with Gasteiger partial charge in [0.05, 0.1) is 12.8 Å². The summed E-state index contributed by atoms with van der Waals surface area (Å²) in [6.07, 6.45) is 1.55. The molecule has 0 N–H and O–H groups in total. The van der Waals surface area contributed by atoms with E-state index in [9.17, 15) is 14.0 Å². The highest BCUT2D eigenvalue weighted by Crippen LogP contribution is 2.12. The third-order valence-electron chi connectivity index (χ3n) is 2.70. The normalized spacial score (nSPS) is 11.3. The molecule has 22 heavy (non-hydrogen) atoms. The Hall–Kier alpha value is -2.54. The average molecular weight is 320 g/mol. The highest BCUT2D eigenvalue weighted by molar-refractivity contribution is 7.11. The molecular formula is C15H13FN2O3S. The third kappa shape index (κ3) is 3.56. The number of methoxy groups -OCH3 is 1. The van der Waals surface area contributed by atoms with Crippen molar-refractivity contribution in [3.63, 3.8) is 0 Å². The summed E-state index contributed by atoms with van der Waals surface area (Å²) in [7, 11) is 1.24. The zero-order chi connectivity index (χ0) is 16.1. The van der Waals surface area contributed by atoms with Gasteiger partial charge in [0.1, 0.15) is 10.7 Å². The van der Waals surface area contributed by atoms with E-state index in [4.69, 9.17) is 0 Å². The quantitative estimate of drug-likeness (QED) is 0.641. The number of rotatable bonds is 4. The summed E-state index contributed by atoms with van der Waals surface area (Å²) in [5, 5.41) is 0. The number of esters is 1. The topological polar surface area (TPSA) is 60.7 Å². The maximum absolute atomic E-state index is 12.9. The molecular weight excluding hydrogens is 307 g/mol. The van der Waals surface area contributed by atoms with Gasteiger partial charge in [-0.1, -0.05) is 17.4 Å². The second kappa shape index (κ2) is 6.95. The summed E-state index contributed by atoms with van der Waals surface area (Å²) in [5.41, 5.74) is 0.0804. The standard InChI is InChI=1S/C15H13FN2O3S/c1-3-8-18-13(19)9-12(14(20)21-2)22-15(18)17-11-6-4-10(16)5-7-11/h3-7,9H,1,8H2,2H3. The number of halogens is 1. The van der Waals surface area contributed by atoms with Crippen LogP contribution in [0.2, 0.25) is 0 Å². The highest BCUT2D eigenvalue weighted by Gasteiger charge is 2.10. The van der Waals surface area contributed by atoms with Gasteiger partial charge in [-0.2, -0.15) is 0 Å². The number of carbonyl (C=O) groups is 1. The van der Waals surface area contributed by atoms with Gasteiger partial charge in [-0.3, -0.25) is 9.36 Å². The van der Waals surface area contributed by atoms with Crippen LogP contribution in [-0.2, 0) is 11.3 Å². The molecule has 0 aliphatic carbocycles. The van der Waals surface area contributed by atoms with Gasteiger partial charge in [0.25, 0.3) is 5.56 Å². The molecule has 5 nitrogen and oxygen atoms in total. The van der Waals surface area contributed by atoms with Crippen LogP contribution in [-0.4, -0.2) is 17.6 Å². The minimum absolute atomic E-state index is 0.147. The van der Waals surface area contributed by atoms with Crippen LogP contribution in [0.5, 0.6) is 0 Å². The Balaban J connectivity index is 2.67. The molecule has 0 atom stereocenters. The molecule has 0 unspecified atom stereocenters. The molecule has 0 amide bonds. The Morgan fingerprint density at radius 3 is 2.73 bits per heavy atom. The number of hydrogen-bond donors (Lipinski definition) is 0. The molecule has 0 aliphatic rings. The number of hydrogen-bond acceptors (Lipinski definition) is 5. The van der Waals surface area contributed by atoms with E-state index >= 15 is 0 Å². The van der Waals surface area contributed by atoms with E-state index in [1.165, 1.54) is 42.0 Å². The summed E-state index contributed by atoms with van der Waals surface area (Å²) < 4.78 is 18.9. The van der Waals surface area contributed by atoms with Crippen molar-refractivity contribution in [3.05, 3.63) is 68.8 Å². The molecule has 0 spiro atoms. The van der Waals surface area contributed by atoms with Crippen molar-refractivity contribution in [2.75, 3.05) is 7.11 Å². The van der Waals surface area contributed by atoms with Crippen LogP contribution in [0.4, 0.5) is 10.1 Å². The number of benzene rings is 1. The van der Waals surface area contributed by atoms with E-state index in [1.807, 2.05) is 0 Å².